The maximum Gasteiger partial charge on any atom is 0.416 e. The lowest BCUT2D eigenvalue weighted by molar-refractivity contribution is -0.137. The Kier molecular flexibility index (Phi) is 3.55. The summed E-state index contributed by atoms with van der Waals surface area (Å²) in [6, 6.07) is 3.39. The van der Waals surface area contributed by atoms with Gasteiger partial charge in [0.2, 0.25) is 0 Å². The zero-order valence-electron chi connectivity index (χ0n) is 7.11. The van der Waals surface area contributed by atoms with Crippen molar-refractivity contribution in [1.82, 2.24) is 0 Å². The van der Waals surface area contributed by atoms with Gasteiger partial charge in [-0.15, -0.1) is 0 Å². The van der Waals surface area contributed by atoms with E-state index in [0.717, 1.165) is 12.1 Å². The average Bonchev–Trinajstić information content (AvgIpc) is 2.07. The van der Waals surface area contributed by atoms with Gasteiger partial charge in [0.05, 0.1) is 5.56 Å². The first-order valence-corrected chi connectivity index (χ1v) is 4.71. The molecule has 5 heteroatoms. The maximum atomic E-state index is 12.2. The van der Waals surface area contributed by atoms with Crippen molar-refractivity contribution in [2.45, 2.75) is 12.6 Å². The molecule has 78 valence electrons. The van der Waals surface area contributed by atoms with Gasteiger partial charge in [-0.05, 0) is 24.1 Å². The number of benzene rings is 1. The minimum absolute atomic E-state index is 0.0794. The molecule has 0 saturated heterocycles. The third-order valence-electron chi connectivity index (χ3n) is 1.76. The Morgan fingerprint density at radius 2 is 1.93 bits per heavy atom. The molecule has 0 aliphatic rings. The summed E-state index contributed by atoms with van der Waals surface area (Å²) < 4.78 is 37.0. The van der Waals surface area contributed by atoms with Crippen molar-refractivity contribution in [2.75, 3.05) is 6.61 Å². The van der Waals surface area contributed by atoms with Crippen LogP contribution in [-0.2, 0) is 12.6 Å². The fraction of sp³-hybridized carbons (Fsp3) is 0.333. The van der Waals surface area contributed by atoms with E-state index in [-0.39, 0.29) is 6.61 Å². The van der Waals surface area contributed by atoms with Crippen LogP contribution in [0.5, 0.6) is 0 Å². The highest BCUT2D eigenvalue weighted by atomic mass is 79.9. The largest absolute Gasteiger partial charge is 0.416 e. The summed E-state index contributed by atoms with van der Waals surface area (Å²) in [7, 11) is 0. The normalized spacial score (nSPS) is 11.8. The Morgan fingerprint density at radius 1 is 1.29 bits per heavy atom. The smallest absolute Gasteiger partial charge is 0.396 e. The molecule has 1 aromatic rings. The van der Waals surface area contributed by atoms with Crippen LogP contribution in [0.3, 0.4) is 0 Å². The van der Waals surface area contributed by atoms with Gasteiger partial charge < -0.3 is 5.11 Å². The molecule has 0 saturated carbocycles. The van der Waals surface area contributed by atoms with Crippen molar-refractivity contribution in [2.24, 2.45) is 0 Å². The Hall–Kier alpha value is -0.550. The summed E-state index contributed by atoms with van der Waals surface area (Å²) in [6.07, 6.45) is -3.97. The van der Waals surface area contributed by atoms with E-state index in [0.29, 0.717) is 16.5 Å². The van der Waals surface area contributed by atoms with Crippen LogP contribution in [0.15, 0.2) is 22.7 Å². The van der Waals surface area contributed by atoms with Gasteiger partial charge in [-0.1, -0.05) is 22.0 Å². The van der Waals surface area contributed by atoms with Crippen LogP contribution in [0, 0.1) is 0 Å². The Bertz CT molecular complexity index is 322. The van der Waals surface area contributed by atoms with Crippen LogP contribution in [0.4, 0.5) is 13.2 Å². The predicted octanol–water partition coefficient (Wildman–Crippen LogP) is 3.00. The molecule has 0 spiro atoms. The Labute approximate surface area is 87.7 Å². The summed E-state index contributed by atoms with van der Waals surface area (Å²) in [5.41, 5.74) is -0.0217. The van der Waals surface area contributed by atoms with E-state index in [4.69, 9.17) is 5.11 Å². The van der Waals surface area contributed by atoms with Crippen molar-refractivity contribution in [3.63, 3.8) is 0 Å². The van der Waals surface area contributed by atoms with Crippen LogP contribution >= 0.6 is 15.9 Å². The first-order chi connectivity index (χ1) is 6.45. The van der Waals surface area contributed by atoms with Gasteiger partial charge >= 0.3 is 6.18 Å². The zero-order valence-corrected chi connectivity index (χ0v) is 8.69. The summed E-state index contributed by atoms with van der Waals surface area (Å²) in [4.78, 5) is 0. The second kappa shape index (κ2) is 4.31. The average molecular weight is 269 g/mol. The molecule has 1 rings (SSSR count). The SMILES string of the molecule is OCCc1ccc(C(F)(F)F)cc1Br. The second-order valence-electron chi connectivity index (χ2n) is 2.78. The van der Waals surface area contributed by atoms with Crippen molar-refractivity contribution >= 4 is 15.9 Å². The molecular weight excluding hydrogens is 261 g/mol. The minimum Gasteiger partial charge on any atom is -0.396 e. The van der Waals surface area contributed by atoms with Crippen molar-refractivity contribution in [1.29, 1.82) is 0 Å². The molecule has 1 aromatic carbocycles. The van der Waals surface area contributed by atoms with Crippen LogP contribution in [-0.4, -0.2) is 11.7 Å². The van der Waals surface area contributed by atoms with E-state index < -0.39 is 11.7 Å². The van der Waals surface area contributed by atoms with E-state index in [2.05, 4.69) is 15.9 Å². The molecule has 0 atom stereocenters. The third kappa shape index (κ3) is 2.72. The quantitative estimate of drug-likeness (QED) is 0.875. The molecule has 1 N–H and O–H groups in total. The van der Waals surface area contributed by atoms with Crippen LogP contribution < -0.4 is 0 Å². The molecule has 1 nitrogen and oxygen atoms in total. The van der Waals surface area contributed by atoms with Gasteiger partial charge in [0, 0.05) is 11.1 Å². The molecule has 14 heavy (non-hydrogen) atoms. The fourth-order valence-electron chi connectivity index (χ4n) is 1.05. The van der Waals surface area contributed by atoms with Gasteiger partial charge in [0.25, 0.3) is 0 Å². The lowest BCUT2D eigenvalue weighted by Gasteiger charge is -2.09. The molecule has 0 unspecified atom stereocenters. The number of halogens is 4. The van der Waals surface area contributed by atoms with Crippen LogP contribution in [0.2, 0.25) is 0 Å². The highest BCUT2D eigenvalue weighted by molar-refractivity contribution is 9.10. The molecule has 0 aromatic heterocycles. The first-order valence-electron chi connectivity index (χ1n) is 3.91. The molecule has 0 fully saturated rings. The monoisotopic (exact) mass is 268 g/mol. The standard InChI is InChI=1S/C9H8BrF3O/c10-8-5-7(9(11,12)13)2-1-6(8)3-4-14/h1-2,5,14H,3-4H2. The van der Waals surface area contributed by atoms with E-state index in [1.54, 1.807) is 0 Å². The Morgan fingerprint density at radius 3 is 2.36 bits per heavy atom. The van der Waals surface area contributed by atoms with Crippen LogP contribution in [0.25, 0.3) is 0 Å². The van der Waals surface area contributed by atoms with E-state index >= 15 is 0 Å². The number of alkyl halides is 3. The van der Waals surface area contributed by atoms with Gasteiger partial charge in [-0.2, -0.15) is 13.2 Å². The van der Waals surface area contributed by atoms with E-state index in [9.17, 15) is 13.2 Å². The molecule has 0 amide bonds. The second-order valence-corrected chi connectivity index (χ2v) is 3.63. The Balaban J connectivity index is 3.01. The molecule has 0 radical (unpaired) electrons. The number of hydrogen-bond donors (Lipinski definition) is 1. The minimum atomic E-state index is -4.32. The highest BCUT2D eigenvalue weighted by Crippen LogP contribution is 2.32. The number of aliphatic hydroxyl groups is 1. The summed E-state index contributed by atoms with van der Waals surface area (Å²) in [5, 5.41) is 8.63. The number of hydrogen-bond acceptors (Lipinski definition) is 1. The zero-order chi connectivity index (χ0) is 10.8. The van der Waals surface area contributed by atoms with Gasteiger partial charge in [-0.25, -0.2) is 0 Å². The maximum absolute atomic E-state index is 12.2. The highest BCUT2D eigenvalue weighted by Gasteiger charge is 2.30. The van der Waals surface area contributed by atoms with Gasteiger partial charge in [0.1, 0.15) is 0 Å². The summed E-state index contributed by atoms with van der Waals surface area (Å²) in [5.74, 6) is 0. The number of rotatable bonds is 2. The topological polar surface area (TPSA) is 20.2 Å². The molecule has 0 aliphatic heterocycles. The van der Waals surface area contributed by atoms with Crippen molar-refractivity contribution < 1.29 is 18.3 Å². The van der Waals surface area contributed by atoms with E-state index in [1.165, 1.54) is 6.07 Å². The van der Waals surface area contributed by atoms with Gasteiger partial charge in [-0.3, -0.25) is 0 Å². The summed E-state index contributed by atoms with van der Waals surface area (Å²) >= 11 is 3.03. The summed E-state index contributed by atoms with van der Waals surface area (Å²) in [6.45, 7) is -0.0794. The van der Waals surface area contributed by atoms with Crippen LogP contribution in [0.1, 0.15) is 11.1 Å². The molecular formula is C9H8BrF3O. The first kappa shape index (κ1) is 11.5. The lowest BCUT2D eigenvalue weighted by Crippen LogP contribution is -2.05. The van der Waals surface area contributed by atoms with E-state index in [1.807, 2.05) is 0 Å². The van der Waals surface area contributed by atoms with Crippen molar-refractivity contribution in [3.8, 4) is 0 Å². The van der Waals surface area contributed by atoms with Gasteiger partial charge in [0.15, 0.2) is 0 Å². The fourth-order valence-corrected chi connectivity index (χ4v) is 1.62. The predicted molar refractivity (Wildman–Crippen MR) is 49.9 cm³/mol. The molecule has 0 bridgehead atoms. The molecule has 0 heterocycles. The third-order valence-corrected chi connectivity index (χ3v) is 2.50. The molecule has 0 aliphatic carbocycles. The number of aliphatic hydroxyl groups excluding tert-OH is 1. The van der Waals surface area contributed by atoms with Crippen molar-refractivity contribution in [3.05, 3.63) is 33.8 Å². The lowest BCUT2D eigenvalue weighted by atomic mass is 10.1.